The van der Waals surface area contributed by atoms with Crippen LogP contribution in [-0.2, 0) is 16.0 Å². The molecule has 0 unspecified atom stereocenters. The number of carbonyl (C=O) groups is 2. The van der Waals surface area contributed by atoms with Crippen LogP contribution in [0.3, 0.4) is 0 Å². The lowest BCUT2D eigenvalue weighted by molar-refractivity contribution is -0.137. The Morgan fingerprint density at radius 1 is 1.29 bits per heavy atom. The van der Waals surface area contributed by atoms with E-state index in [2.05, 4.69) is 10.3 Å². The number of unbranched alkanes of at least 4 members (excludes halogenated alkanes) is 1. The molecule has 2 aromatic rings. The molecule has 0 saturated carbocycles. The highest BCUT2D eigenvalue weighted by atomic mass is 32.1. The molecule has 0 spiro atoms. The maximum atomic E-state index is 11.7. The van der Waals surface area contributed by atoms with Gasteiger partial charge < -0.3 is 10.4 Å². The van der Waals surface area contributed by atoms with Crippen LogP contribution in [-0.4, -0.2) is 28.5 Å². The minimum absolute atomic E-state index is 0.0756. The summed E-state index contributed by atoms with van der Waals surface area (Å²) in [5.41, 5.74) is 0.770. The molecule has 1 amide bonds. The number of carboxylic acid groups (broad SMARTS) is 1. The van der Waals surface area contributed by atoms with E-state index in [1.165, 1.54) is 11.3 Å². The second-order valence-electron chi connectivity index (χ2n) is 4.50. The molecular weight excluding hydrogens is 308 g/mol. The van der Waals surface area contributed by atoms with E-state index >= 15 is 0 Å². The number of thiophene rings is 1. The zero-order valence-electron chi connectivity index (χ0n) is 11.4. The minimum atomic E-state index is -0.801. The van der Waals surface area contributed by atoms with Gasteiger partial charge in [-0.05, 0) is 24.3 Å². The van der Waals surface area contributed by atoms with E-state index in [1.807, 2.05) is 22.9 Å². The highest BCUT2D eigenvalue weighted by Crippen LogP contribution is 2.27. The number of aliphatic carboxylic acids is 1. The highest BCUT2D eigenvalue weighted by Gasteiger charge is 2.09. The monoisotopic (exact) mass is 324 g/mol. The number of nitrogens with zero attached hydrogens (tertiary/aromatic N) is 1. The average molecular weight is 324 g/mol. The van der Waals surface area contributed by atoms with Crippen LogP contribution in [0.15, 0.2) is 22.9 Å². The molecule has 0 bridgehead atoms. The number of carbonyl (C=O) groups excluding carboxylic acids is 1. The van der Waals surface area contributed by atoms with Gasteiger partial charge in [0.15, 0.2) is 0 Å². The molecule has 0 aromatic carbocycles. The summed E-state index contributed by atoms with van der Waals surface area (Å²) in [7, 11) is 0. The first kappa shape index (κ1) is 15.7. The van der Waals surface area contributed by atoms with Crippen LogP contribution in [0, 0.1) is 0 Å². The Labute approximate surface area is 130 Å². The zero-order valence-corrected chi connectivity index (χ0v) is 13.0. The number of thiazole rings is 1. The number of hydrogen-bond donors (Lipinski definition) is 2. The molecule has 0 saturated heterocycles. The summed E-state index contributed by atoms with van der Waals surface area (Å²) in [6.07, 6.45) is 1.66. The lowest BCUT2D eigenvalue weighted by Gasteiger charge is -2.02. The molecule has 0 fully saturated rings. The van der Waals surface area contributed by atoms with Crippen molar-refractivity contribution in [3.05, 3.63) is 28.6 Å². The van der Waals surface area contributed by atoms with Gasteiger partial charge in [0, 0.05) is 18.3 Å². The molecule has 2 heterocycles. The molecule has 112 valence electrons. The number of carboxylic acids is 1. The number of rotatable bonds is 8. The topological polar surface area (TPSA) is 79.3 Å². The molecule has 5 nitrogen and oxygen atoms in total. The fourth-order valence-corrected chi connectivity index (χ4v) is 3.39. The lowest BCUT2D eigenvalue weighted by Crippen LogP contribution is -2.26. The second kappa shape index (κ2) is 7.90. The van der Waals surface area contributed by atoms with Crippen LogP contribution in [0.5, 0.6) is 0 Å². The Kier molecular flexibility index (Phi) is 5.89. The molecule has 2 N–H and O–H groups in total. The molecule has 2 aromatic heterocycles. The van der Waals surface area contributed by atoms with Gasteiger partial charge in [-0.2, -0.15) is 0 Å². The van der Waals surface area contributed by atoms with Gasteiger partial charge in [0.05, 0.1) is 17.0 Å². The maximum Gasteiger partial charge on any atom is 0.303 e. The Balaban J connectivity index is 1.72. The Hall–Kier alpha value is -1.73. The molecule has 21 heavy (non-hydrogen) atoms. The van der Waals surface area contributed by atoms with Crippen molar-refractivity contribution in [3.63, 3.8) is 0 Å². The molecule has 2 rings (SSSR count). The van der Waals surface area contributed by atoms with E-state index in [0.717, 1.165) is 15.6 Å². The molecule has 0 radical (unpaired) electrons. The SMILES string of the molecule is O=C(O)CCCCNC(=O)Cc1csc(-c2cccs2)n1. The molecule has 0 aliphatic rings. The van der Waals surface area contributed by atoms with Crippen molar-refractivity contribution in [1.29, 1.82) is 0 Å². The molecule has 0 aliphatic carbocycles. The van der Waals surface area contributed by atoms with E-state index in [1.54, 1.807) is 11.3 Å². The third-order valence-corrected chi connectivity index (χ3v) is 4.70. The predicted octanol–water partition coefficient (Wildman–Crippen LogP) is 2.79. The third-order valence-electron chi connectivity index (χ3n) is 2.76. The molecule has 7 heteroatoms. The van der Waals surface area contributed by atoms with Crippen molar-refractivity contribution in [1.82, 2.24) is 10.3 Å². The van der Waals surface area contributed by atoms with Gasteiger partial charge in [-0.15, -0.1) is 22.7 Å². The van der Waals surface area contributed by atoms with Gasteiger partial charge >= 0.3 is 5.97 Å². The first-order chi connectivity index (χ1) is 10.1. The number of aromatic nitrogens is 1. The van der Waals surface area contributed by atoms with Crippen molar-refractivity contribution in [3.8, 4) is 9.88 Å². The third kappa shape index (κ3) is 5.28. The summed E-state index contributed by atoms with van der Waals surface area (Å²) < 4.78 is 0. The normalized spacial score (nSPS) is 10.5. The van der Waals surface area contributed by atoms with E-state index in [0.29, 0.717) is 19.4 Å². The summed E-state index contributed by atoms with van der Waals surface area (Å²) in [5.74, 6) is -0.877. The summed E-state index contributed by atoms with van der Waals surface area (Å²) in [4.78, 5) is 27.7. The van der Waals surface area contributed by atoms with Gasteiger partial charge in [-0.3, -0.25) is 9.59 Å². The van der Waals surface area contributed by atoms with Crippen LogP contribution in [0.4, 0.5) is 0 Å². The number of amides is 1. The first-order valence-corrected chi connectivity index (χ1v) is 8.38. The van der Waals surface area contributed by atoms with Gasteiger partial charge in [-0.1, -0.05) is 6.07 Å². The van der Waals surface area contributed by atoms with Gasteiger partial charge in [-0.25, -0.2) is 4.98 Å². The van der Waals surface area contributed by atoms with Crippen LogP contribution in [0.2, 0.25) is 0 Å². The van der Waals surface area contributed by atoms with E-state index in [-0.39, 0.29) is 18.7 Å². The Morgan fingerprint density at radius 2 is 2.14 bits per heavy atom. The van der Waals surface area contributed by atoms with Crippen molar-refractivity contribution in [2.24, 2.45) is 0 Å². The van der Waals surface area contributed by atoms with Crippen molar-refractivity contribution < 1.29 is 14.7 Å². The second-order valence-corrected chi connectivity index (χ2v) is 6.30. The maximum absolute atomic E-state index is 11.7. The first-order valence-electron chi connectivity index (χ1n) is 6.62. The fraction of sp³-hybridized carbons (Fsp3) is 0.357. The van der Waals surface area contributed by atoms with Crippen LogP contribution >= 0.6 is 22.7 Å². The number of hydrogen-bond acceptors (Lipinski definition) is 5. The smallest absolute Gasteiger partial charge is 0.303 e. The molecule has 0 aliphatic heterocycles. The largest absolute Gasteiger partial charge is 0.481 e. The fourth-order valence-electron chi connectivity index (χ4n) is 1.76. The van der Waals surface area contributed by atoms with E-state index in [9.17, 15) is 9.59 Å². The molecule has 0 atom stereocenters. The quantitative estimate of drug-likeness (QED) is 0.732. The zero-order chi connectivity index (χ0) is 15.1. The minimum Gasteiger partial charge on any atom is -0.481 e. The summed E-state index contributed by atoms with van der Waals surface area (Å²) in [6, 6.07) is 3.99. The molecular formula is C14H16N2O3S2. The Morgan fingerprint density at radius 3 is 2.86 bits per heavy atom. The van der Waals surface area contributed by atoms with Crippen LogP contribution < -0.4 is 5.32 Å². The van der Waals surface area contributed by atoms with Gasteiger partial charge in [0.1, 0.15) is 5.01 Å². The van der Waals surface area contributed by atoms with Crippen molar-refractivity contribution in [2.45, 2.75) is 25.7 Å². The summed E-state index contributed by atoms with van der Waals surface area (Å²) in [5, 5.41) is 16.1. The summed E-state index contributed by atoms with van der Waals surface area (Å²) >= 11 is 3.17. The Bertz CT molecular complexity index is 593. The average Bonchev–Trinajstić information content (AvgIpc) is 3.08. The van der Waals surface area contributed by atoms with E-state index < -0.39 is 5.97 Å². The van der Waals surface area contributed by atoms with Crippen molar-refractivity contribution in [2.75, 3.05) is 6.54 Å². The summed E-state index contributed by atoms with van der Waals surface area (Å²) in [6.45, 7) is 0.508. The standard InChI is InChI=1S/C14H16N2O3S2/c17-12(15-6-2-1-5-13(18)19)8-10-9-21-14(16-10)11-4-3-7-20-11/h3-4,7,9H,1-2,5-6,8H2,(H,15,17)(H,18,19). The van der Waals surface area contributed by atoms with Crippen LogP contribution in [0.1, 0.15) is 25.0 Å². The predicted molar refractivity (Wildman–Crippen MR) is 83.6 cm³/mol. The van der Waals surface area contributed by atoms with Gasteiger partial charge in [0.25, 0.3) is 0 Å². The highest BCUT2D eigenvalue weighted by molar-refractivity contribution is 7.20. The number of nitrogens with one attached hydrogen (secondary N) is 1. The van der Waals surface area contributed by atoms with Crippen molar-refractivity contribution >= 4 is 34.6 Å². The van der Waals surface area contributed by atoms with Gasteiger partial charge in [0.2, 0.25) is 5.91 Å². The lowest BCUT2D eigenvalue weighted by atomic mass is 10.2. The van der Waals surface area contributed by atoms with E-state index in [4.69, 9.17) is 5.11 Å². The van der Waals surface area contributed by atoms with Crippen LogP contribution in [0.25, 0.3) is 9.88 Å².